The molecular weight excluding hydrogens is 378 g/mol. The third-order valence-electron chi connectivity index (χ3n) is 4.89. The third-order valence-corrected chi connectivity index (χ3v) is 4.89. The highest BCUT2D eigenvalue weighted by molar-refractivity contribution is 5.94. The van der Waals surface area contributed by atoms with Crippen molar-refractivity contribution < 1.29 is 9.59 Å². The lowest BCUT2D eigenvalue weighted by molar-refractivity contribution is -0.121. The molecule has 0 saturated carbocycles. The predicted octanol–water partition coefficient (Wildman–Crippen LogP) is 3.17. The van der Waals surface area contributed by atoms with E-state index in [0.717, 1.165) is 16.8 Å². The van der Waals surface area contributed by atoms with Gasteiger partial charge in [0.1, 0.15) is 0 Å². The quantitative estimate of drug-likeness (QED) is 0.566. The summed E-state index contributed by atoms with van der Waals surface area (Å²) in [5.74, 6) is -0.500. The van der Waals surface area contributed by atoms with Gasteiger partial charge in [-0.1, -0.05) is 48.5 Å². The molecule has 0 aliphatic carbocycles. The zero-order valence-corrected chi connectivity index (χ0v) is 17.1. The van der Waals surface area contributed by atoms with E-state index in [1.165, 1.54) is 0 Å². The molecule has 30 heavy (non-hydrogen) atoms. The summed E-state index contributed by atoms with van der Waals surface area (Å²) in [5, 5.41) is 5.74. The minimum absolute atomic E-state index is 0.0609. The van der Waals surface area contributed by atoms with Gasteiger partial charge in [0.15, 0.2) is 0 Å². The molecule has 0 unspecified atom stereocenters. The fourth-order valence-corrected chi connectivity index (χ4v) is 3.31. The van der Waals surface area contributed by atoms with Crippen molar-refractivity contribution in [1.29, 1.82) is 0 Å². The largest absolute Gasteiger partial charge is 0.352 e. The molecule has 1 heterocycles. The Balaban J connectivity index is 1.71. The van der Waals surface area contributed by atoms with Crippen LogP contribution in [0.3, 0.4) is 0 Å². The van der Waals surface area contributed by atoms with Gasteiger partial charge in [0.2, 0.25) is 5.91 Å². The van der Waals surface area contributed by atoms with Gasteiger partial charge in [-0.25, -0.2) is 0 Å². The standard InChI is InChI=1S/C24H25N3O3/c1-16-13-17(2)26-24(30)20(16)15-25-22(28)14-21(18-9-5-3-6-10-18)27-23(29)19-11-7-4-8-12-19/h3-13,21H,14-15H2,1-2H3,(H,25,28)(H,26,30)(H,27,29)/t21-/m0/s1. The van der Waals surface area contributed by atoms with Crippen molar-refractivity contribution >= 4 is 11.8 Å². The molecule has 3 aromatic rings. The van der Waals surface area contributed by atoms with E-state index < -0.39 is 6.04 Å². The Morgan fingerprint density at radius 3 is 2.23 bits per heavy atom. The summed E-state index contributed by atoms with van der Waals surface area (Å²) in [6, 6.07) is 19.6. The molecule has 1 atom stereocenters. The van der Waals surface area contributed by atoms with Crippen molar-refractivity contribution in [3.8, 4) is 0 Å². The predicted molar refractivity (Wildman–Crippen MR) is 116 cm³/mol. The molecule has 0 fully saturated rings. The number of aryl methyl sites for hydroxylation is 2. The lowest BCUT2D eigenvalue weighted by Gasteiger charge is -2.19. The number of H-pyrrole nitrogens is 1. The van der Waals surface area contributed by atoms with Crippen molar-refractivity contribution in [3.63, 3.8) is 0 Å². The number of nitrogens with one attached hydrogen (secondary N) is 3. The monoisotopic (exact) mass is 403 g/mol. The van der Waals surface area contributed by atoms with E-state index >= 15 is 0 Å². The second-order valence-electron chi connectivity index (χ2n) is 7.23. The van der Waals surface area contributed by atoms with Crippen LogP contribution >= 0.6 is 0 Å². The normalized spacial score (nSPS) is 11.5. The summed E-state index contributed by atoms with van der Waals surface area (Å²) in [4.78, 5) is 40.2. The molecular formula is C24H25N3O3. The highest BCUT2D eigenvalue weighted by atomic mass is 16.2. The smallest absolute Gasteiger partial charge is 0.253 e. The van der Waals surface area contributed by atoms with Crippen molar-refractivity contribution in [3.05, 3.63) is 105 Å². The maximum atomic E-state index is 12.6. The molecule has 154 valence electrons. The summed E-state index contributed by atoms with van der Waals surface area (Å²) in [7, 11) is 0. The Morgan fingerprint density at radius 1 is 0.967 bits per heavy atom. The minimum Gasteiger partial charge on any atom is -0.352 e. The number of carbonyl (C=O) groups excluding carboxylic acids is 2. The van der Waals surface area contributed by atoms with Crippen LogP contribution in [0.2, 0.25) is 0 Å². The van der Waals surface area contributed by atoms with Crippen molar-refractivity contribution in [2.45, 2.75) is 32.9 Å². The first-order valence-electron chi connectivity index (χ1n) is 9.81. The number of carbonyl (C=O) groups is 2. The zero-order chi connectivity index (χ0) is 21.5. The Kier molecular flexibility index (Phi) is 6.80. The fourth-order valence-electron chi connectivity index (χ4n) is 3.31. The van der Waals surface area contributed by atoms with Crippen LogP contribution in [-0.4, -0.2) is 16.8 Å². The van der Waals surface area contributed by atoms with Crippen LogP contribution in [-0.2, 0) is 11.3 Å². The van der Waals surface area contributed by atoms with Gasteiger partial charge in [0, 0.05) is 23.4 Å². The highest BCUT2D eigenvalue weighted by Gasteiger charge is 2.19. The molecule has 0 radical (unpaired) electrons. The van der Waals surface area contributed by atoms with Crippen LogP contribution in [0.15, 0.2) is 71.5 Å². The van der Waals surface area contributed by atoms with Gasteiger partial charge in [0.05, 0.1) is 12.5 Å². The molecule has 6 nitrogen and oxygen atoms in total. The fraction of sp³-hybridized carbons (Fsp3) is 0.208. The van der Waals surface area contributed by atoms with Gasteiger partial charge < -0.3 is 15.6 Å². The Labute approximate surface area is 175 Å². The number of hydrogen-bond donors (Lipinski definition) is 3. The summed E-state index contributed by atoms with van der Waals surface area (Å²) >= 11 is 0. The summed E-state index contributed by atoms with van der Waals surface area (Å²) in [6.07, 6.45) is 0.0609. The number of aromatic amines is 1. The van der Waals surface area contributed by atoms with Crippen LogP contribution in [0.4, 0.5) is 0 Å². The zero-order valence-electron chi connectivity index (χ0n) is 17.1. The van der Waals surface area contributed by atoms with E-state index in [1.54, 1.807) is 24.3 Å². The van der Waals surface area contributed by atoms with Crippen molar-refractivity contribution in [1.82, 2.24) is 15.6 Å². The van der Waals surface area contributed by atoms with E-state index in [9.17, 15) is 14.4 Å². The van der Waals surface area contributed by atoms with Crippen LogP contribution in [0.25, 0.3) is 0 Å². The number of hydrogen-bond acceptors (Lipinski definition) is 3. The maximum absolute atomic E-state index is 12.6. The number of amides is 2. The maximum Gasteiger partial charge on any atom is 0.253 e. The first kappa shape index (κ1) is 21.0. The lowest BCUT2D eigenvalue weighted by Crippen LogP contribution is -2.34. The average Bonchev–Trinajstić information content (AvgIpc) is 2.73. The first-order valence-corrected chi connectivity index (χ1v) is 9.81. The second-order valence-corrected chi connectivity index (χ2v) is 7.23. The van der Waals surface area contributed by atoms with Gasteiger partial charge in [-0.2, -0.15) is 0 Å². The molecule has 6 heteroatoms. The molecule has 0 spiro atoms. The first-order chi connectivity index (χ1) is 14.4. The average molecular weight is 403 g/mol. The Morgan fingerprint density at radius 2 is 1.60 bits per heavy atom. The molecule has 0 saturated heterocycles. The third kappa shape index (κ3) is 5.44. The Hall–Kier alpha value is -3.67. The number of rotatable bonds is 7. The van der Waals surface area contributed by atoms with Crippen LogP contribution in [0.1, 0.15) is 45.2 Å². The highest BCUT2D eigenvalue weighted by Crippen LogP contribution is 2.17. The van der Waals surface area contributed by atoms with E-state index in [4.69, 9.17) is 0 Å². The molecule has 0 bridgehead atoms. The minimum atomic E-state index is -0.490. The number of pyridine rings is 1. The van der Waals surface area contributed by atoms with E-state index in [1.807, 2.05) is 56.3 Å². The number of benzene rings is 2. The SMILES string of the molecule is Cc1cc(C)c(CNC(=O)C[C@H](NC(=O)c2ccccc2)c2ccccc2)c(=O)[nH]1. The van der Waals surface area contributed by atoms with Gasteiger partial charge in [-0.3, -0.25) is 14.4 Å². The van der Waals surface area contributed by atoms with E-state index in [0.29, 0.717) is 11.1 Å². The topological polar surface area (TPSA) is 91.1 Å². The summed E-state index contributed by atoms with van der Waals surface area (Å²) in [6.45, 7) is 3.79. The van der Waals surface area contributed by atoms with Crippen molar-refractivity contribution in [2.24, 2.45) is 0 Å². The van der Waals surface area contributed by atoms with Crippen molar-refractivity contribution in [2.75, 3.05) is 0 Å². The summed E-state index contributed by atoms with van der Waals surface area (Å²) in [5.41, 5.74) is 3.29. The van der Waals surface area contributed by atoms with Gasteiger partial charge in [-0.05, 0) is 43.2 Å². The van der Waals surface area contributed by atoms with Gasteiger partial charge >= 0.3 is 0 Å². The summed E-state index contributed by atoms with van der Waals surface area (Å²) < 4.78 is 0. The van der Waals surface area contributed by atoms with Crippen LogP contribution in [0, 0.1) is 13.8 Å². The molecule has 0 aliphatic heterocycles. The molecule has 0 aliphatic rings. The van der Waals surface area contributed by atoms with E-state index in [2.05, 4.69) is 15.6 Å². The lowest BCUT2D eigenvalue weighted by atomic mass is 10.0. The second kappa shape index (κ2) is 9.69. The molecule has 3 rings (SSSR count). The van der Waals surface area contributed by atoms with Gasteiger partial charge in [0.25, 0.3) is 11.5 Å². The molecule has 2 amide bonds. The molecule has 2 aromatic carbocycles. The Bertz CT molecular complexity index is 1080. The molecule has 1 aromatic heterocycles. The van der Waals surface area contributed by atoms with Crippen LogP contribution < -0.4 is 16.2 Å². The van der Waals surface area contributed by atoms with E-state index in [-0.39, 0.29) is 30.3 Å². The van der Waals surface area contributed by atoms with Crippen LogP contribution in [0.5, 0.6) is 0 Å². The number of aromatic nitrogens is 1. The molecule has 3 N–H and O–H groups in total. The van der Waals surface area contributed by atoms with Gasteiger partial charge in [-0.15, -0.1) is 0 Å².